The van der Waals surface area contributed by atoms with Crippen LogP contribution in [0.5, 0.6) is 0 Å². The van der Waals surface area contributed by atoms with Crippen LogP contribution in [-0.4, -0.2) is 40.6 Å². The van der Waals surface area contributed by atoms with Crippen molar-refractivity contribution in [3.8, 4) is 0 Å². The fourth-order valence-electron chi connectivity index (χ4n) is 4.70. The quantitative estimate of drug-likeness (QED) is 0.256. The molecular weight excluding hydrogens is 340 g/mol. The highest BCUT2D eigenvalue weighted by Gasteiger charge is 2.60. The normalized spacial score (nSPS) is 30.6. The minimum atomic E-state index is -2.61. The molecule has 7 heteroatoms. The van der Waals surface area contributed by atoms with E-state index in [2.05, 4.69) is 6.08 Å². The molecule has 1 saturated carbocycles. The molecule has 4 unspecified atom stereocenters. The maximum Gasteiger partial charge on any atom is 0.500 e. The SMILES string of the molecule is CCO[Si](CCCC1=CC2CC1C1C(=O)OC(=O)C21)(OCC)OCC. The van der Waals surface area contributed by atoms with Crippen LogP contribution in [0, 0.1) is 23.7 Å². The maximum absolute atomic E-state index is 12.0. The van der Waals surface area contributed by atoms with Crippen molar-refractivity contribution < 1.29 is 27.6 Å². The molecule has 2 aliphatic carbocycles. The summed E-state index contributed by atoms with van der Waals surface area (Å²) in [5.74, 6) is -0.772. The fraction of sp³-hybridized carbons (Fsp3) is 0.778. The molecule has 3 rings (SSSR count). The van der Waals surface area contributed by atoms with E-state index < -0.39 is 8.80 Å². The van der Waals surface area contributed by atoms with Crippen LogP contribution in [0.1, 0.15) is 40.0 Å². The van der Waals surface area contributed by atoms with E-state index in [1.807, 2.05) is 20.8 Å². The van der Waals surface area contributed by atoms with Crippen LogP contribution in [0.4, 0.5) is 0 Å². The summed E-state index contributed by atoms with van der Waals surface area (Å²) in [6.45, 7) is 7.62. The molecule has 1 heterocycles. The number of cyclic esters (lactones) is 2. The molecule has 2 fully saturated rings. The number of esters is 2. The summed E-state index contributed by atoms with van der Waals surface area (Å²) >= 11 is 0. The van der Waals surface area contributed by atoms with Gasteiger partial charge in [-0.2, -0.15) is 0 Å². The first-order valence-electron chi connectivity index (χ1n) is 9.43. The molecule has 0 spiro atoms. The van der Waals surface area contributed by atoms with Crippen molar-refractivity contribution in [2.45, 2.75) is 46.1 Å². The Morgan fingerprint density at radius 1 is 1.04 bits per heavy atom. The Morgan fingerprint density at radius 3 is 2.24 bits per heavy atom. The van der Waals surface area contributed by atoms with Crippen molar-refractivity contribution in [3.63, 3.8) is 0 Å². The summed E-state index contributed by atoms with van der Waals surface area (Å²) in [6.07, 6.45) is 4.92. The van der Waals surface area contributed by atoms with Gasteiger partial charge in [-0.25, -0.2) is 0 Å². The number of carbonyl (C=O) groups is 2. The summed E-state index contributed by atoms with van der Waals surface area (Å²) in [5.41, 5.74) is 1.30. The lowest BCUT2D eigenvalue weighted by Gasteiger charge is -2.29. The zero-order valence-electron chi connectivity index (χ0n) is 15.3. The molecule has 0 radical (unpaired) electrons. The first kappa shape index (κ1) is 18.8. The lowest BCUT2D eigenvalue weighted by Crippen LogP contribution is -2.45. The van der Waals surface area contributed by atoms with Gasteiger partial charge in [0.2, 0.25) is 0 Å². The van der Waals surface area contributed by atoms with E-state index in [0.29, 0.717) is 19.8 Å². The van der Waals surface area contributed by atoms with Crippen molar-refractivity contribution in [1.29, 1.82) is 0 Å². The summed E-state index contributed by atoms with van der Waals surface area (Å²) in [4.78, 5) is 23.8. The fourth-order valence-corrected chi connectivity index (χ4v) is 7.31. The Bertz CT molecular complexity index is 543. The van der Waals surface area contributed by atoms with Crippen LogP contribution in [0.15, 0.2) is 11.6 Å². The van der Waals surface area contributed by atoms with Gasteiger partial charge in [0.15, 0.2) is 0 Å². The van der Waals surface area contributed by atoms with Gasteiger partial charge in [-0.15, -0.1) is 0 Å². The number of fused-ring (bicyclic) bond motifs is 5. The molecule has 3 aliphatic rings. The van der Waals surface area contributed by atoms with Gasteiger partial charge >= 0.3 is 20.7 Å². The third kappa shape index (κ3) is 3.47. The second kappa shape index (κ2) is 7.69. The van der Waals surface area contributed by atoms with Gasteiger partial charge in [0, 0.05) is 25.9 Å². The lowest BCUT2D eigenvalue weighted by molar-refractivity contribution is -0.154. The van der Waals surface area contributed by atoms with Crippen LogP contribution >= 0.6 is 0 Å². The van der Waals surface area contributed by atoms with Gasteiger partial charge in [0.25, 0.3) is 0 Å². The molecule has 25 heavy (non-hydrogen) atoms. The highest BCUT2D eigenvalue weighted by molar-refractivity contribution is 6.60. The second-order valence-electron chi connectivity index (χ2n) is 6.87. The topological polar surface area (TPSA) is 71.1 Å². The van der Waals surface area contributed by atoms with Gasteiger partial charge < -0.3 is 18.0 Å². The number of allylic oxidation sites excluding steroid dienone is 2. The van der Waals surface area contributed by atoms with E-state index in [4.69, 9.17) is 18.0 Å². The van der Waals surface area contributed by atoms with Crippen molar-refractivity contribution in [2.75, 3.05) is 19.8 Å². The van der Waals surface area contributed by atoms with E-state index >= 15 is 0 Å². The third-order valence-corrected chi connectivity index (χ3v) is 8.65. The van der Waals surface area contributed by atoms with E-state index in [9.17, 15) is 9.59 Å². The Kier molecular flexibility index (Phi) is 5.77. The maximum atomic E-state index is 12.0. The van der Waals surface area contributed by atoms with Gasteiger partial charge in [-0.05, 0) is 51.9 Å². The van der Waals surface area contributed by atoms with Crippen LogP contribution < -0.4 is 0 Å². The molecule has 0 aromatic heterocycles. The summed E-state index contributed by atoms with van der Waals surface area (Å²) in [6, 6.07) is 0.773. The molecule has 0 aromatic carbocycles. The molecule has 0 amide bonds. The first-order valence-corrected chi connectivity index (χ1v) is 11.4. The van der Waals surface area contributed by atoms with Crippen LogP contribution in [0.3, 0.4) is 0 Å². The summed E-state index contributed by atoms with van der Waals surface area (Å²) in [7, 11) is -2.61. The minimum absolute atomic E-state index is 0.177. The van der Waals surface area contributed by atoms with Gasteiger partial charge in [-0.1, -0.05) is 11.6 Å². The molecular formula is C18H28O6Si. The lowest BCUT2D eigenvalue weighted by atomic mass is 9.80. The standard InChI is InChI=1S/C18H28O6Si/c1-4-21-25(22-5-2,23-6-3)9-7-8-12-10-13-11-14(12)16-15(13)17(19)24-18(16)20/h10,13-16H,4-9,11H2,1-3H3. The number of ether oxygens (including phenoxy) is 1. The molecule has 6 nitrogen and oxygen atoms in total. The van der Waals surface area contributed by atoms with E-state index in [0.717, 1.165) is 25.3 Å². The molecule has 4 atom stereocenters. The number of hydrogen-bond donors (Lipinski definition) is 0. The average molecular weight is 369 g/mol. The summed E-state index contributed by atoms with van der Waals surface area (Å²) < 4.78 is 22.5. The Labute approximate surface area is 150 Å². The Balaban J connectivity index is 1.60. The smallest absolute Gasteiger partial charge is 0.393 e. The third-order valence-electron chi connectivity index (χ3n) is 5.50. The van der Waals surface area contributed by atoms with Gasteiger partial charge in [-0.3, -0.25) is 9.59 Å². The number of carbonyl (C=O) groups excluding carboxylic acids is 2. The molecule has 1 aliphatic heterocycles. The van der Waals surface area contributed by atoms with E-state index in [1.165, 1.54) is 5.57 Å². The van der Waals surface area contributed by atoms with Crippen molar-refractivity contribution in [3.05, 3.63) is 11.6 Å². The highest BCUT2D eigenvalue weighted by Crippen LogP contribution is 2.55. The van der Waals surface area contributed by atoms with Crippen LogP contribution in [0.2, 0.25) is 6.04 Å². The van der Waals surface area contributed by atoms with Crippen LogP contribution in [-0.2, 0) is 27.6 Å². The second-order valence-corrected chi connectivity index (χ2v) is 9.61. The first-order chi connectivity index (χ1) is 12.0. The average Bonchev–Trinajstić information content (AvgIpc) is 3.21. The predicted molar refractivity (Wildman–Crippen MR) is 92.4 cm³/mol. The minimum Gasteiger partial charge on any atom is -0.393 e. The molecule has 1 saturated heterocycles. The molecule has 0 aromatic rings. The van der Waals surface area contributed by atoms with E-state index in [-0.39, 0.29) is 35.6 Å². The Morgan fingerprint density at radius 2 is 1.64 bits per heavy atom. The van der Waals surface area contributed by atoms with Crippen molar-refractivity contribution in [2.24, 2.45) is 23.7 Å². The van der Waals surface area contributed by atoms with Gasteiger partial charge in [0.05, 0.1) is 11.8 Å². The predicted octanol–water partition coefficient (Wildman–Crippen LogP) is 2.71. The molecule has 2 bridgehead atoms. The van der Waals surface area contributed by atoms with Crippen LogP contribution in [0.25, 0.3) is 0 Å². The zero-order chi connectivity index (χ0) is 18.0. The van der Waals surface area contributed by atoms with E-state index in [1.54, 1.807) is 0 Å². The monoisotopic (exact) mass is 368 g/mol. The zero-order valence-corrected chi connectivity index (χ0v) is 16.3. The Hall–Kier alpha value is -1.02. The highest BCUT2D eigenvalue weighted by atomic mass is 28.4. The molecule has 140 valence electrons. The number of hydrogen-bond acceptors (Lipinski definition) is 6. The summed E-state index contributed by atoms with van der Waals surface area (Å²) in [5, 5.41) is 0. The van der Waals surface area contributed by atoms with Gasteiger partial charge in [0.1, 0.15) is 0 Å². The molecule has 0 N–H and O–H groups in total. The number of rotatable bonds is 10. The van der Waals surface area contributed by atoms with Crippen molar-refractivity contribution in [1.82, 2.24) is 0 Å². The van der Waals surface area contributed by atoms with Crippen molar-refractivity contribution >= 4 is 20.7 Å². The largest absolute Gasteiger partial charge is 0.500 e.